The predicted molar refractivity (Wildman–Crippen MR) is 85.5 cm³/mol. The van der Waals surface area contributed by atoms with E-state index in [0.717, 1.165) is 11.3 Å². The lowest BCUT2D eigenvalue weighted by molar-refractivity contribution is -0.119. The molecule has 0 aromatic carbocycles. The van der Waals surface area contributed by atoms with Crippen molar-refractivity contribution in [3.05, 3.63) is 17.0 Å². The lowest BCUT2D eigenvalue weighted by Crippen LogP contribution is -2.38. The molecule has 116 valence electrons. The Labute approximate surface area is 133 Å². The molecule has 1 saturated heterocycles. The van der Waals surface area contributed by atoms with Gasteiger partial charge in [0.05, 0.1) is 4.88 Å². The van der Waals surface area contributed by atoms with Crippen molar-refractivity contribution in [2.24, 2.45) is 17.4 Å². The minimum absolute atomic E-state index is 0.171. The molecule has 0 unspecified atom stereocenters. The zero-order valence-electron chi connectivity index (χ0n) is 11.3. The highest BCUT2D eigenvalue weighted by molar-refractivity contribution is 7.91. The van der Waals surface area contributed by atoms with E-state index in [1.54, 1.807) is 6.07 Å². The molecule has 1 aliphatic rings. The van der Waals surface area contributed by atoms with Gasteiger partial charge in [0.15, 0.2) is 0 Å². The minimum atomic E-state index is -3.51. The van der Waals surface area contributed by atoms with Crippen LogP contribution in [0.3, 0.4) is 0 Å². The highest BCUT2D eigenvalue weighted by Crippen LogP contribution is 2.29. The van der Waals surface area contributed by atoms with Gasteiger partial charge in [0.25, 0.3) is 10.0 Å². The van der Waals surface area contributed by atoms with Gasteiger partial charge in [-0.15, -0.1) is 11.3 Å². The van der Waals surface area contributed by atoms with Crippen LogP contribution in [0.2, 0.25) is 0 Å². The molecule has 1 aromatic rings. The highest BCUT2D eigenvalue weighted by atomic mass is 32.2. The largest absolute Gasteiger partial charge is 0.389 e. The molecule has 0 atom stereocenters. The molecule has 1 amide bonds. The Morgan fingerprint density at radius 3 is 2.43 bits per heavy atom. The van der Waals surface area contributed by atoms with E-state index >= 15 is 0 Å². The summed E-state index contributed by atoms with van der Waals surface area (Å²) in [6.45, 7) is 0.807. The number of sulfonamides is 1. The first kappa shape index (κ1) is 16.3. The van der Waals surface area contributed by atoms with Crippen molar-refractivity contribution in [2.45, 2.75) is 23.5 Å². The topological polar surface area (TPSA) is 106 Å². The monoisotopic (exact) mass is 347 g/mol. The summed E-state index contributed by atoms with van der Waals surface area (Å²) in [6, 6.07) is 3.16. The van der Waals surface area contributed by atoms with E-state index in [1.807, 2.05) is 0 Å². The Kier molecular flexibility index (Phi) is 4.97. The lowest BCUT2D eigenvalue weighted by Gasteiger charge is -2.30. The lowest BCUT2D eigenvalue weighted by atomic mass is 9.94. The number of nitrogens with two attached hydrogens (primary N) is 2. The third-order valence-electron chi connectivity index (χ3n) is 3.48. The SMILES string of the molecule is NC(=O)CC1CCN(S(=O)(=O)c2ccc(C(N)=S)s2)CC1. The van der Waals surface area contributed by atoms with Gasteiger partial charge in [-0.2, -0.15) is 4.31 Å². The van der Waals surface area contributed by atoms with Crippen LogP contribution >= 0.6 is 23.6 Å². The molecule has 0 bridgehead atoms. The molecule has 1 aromatic heterocycles. The fraction of sp³-hybridized carbons (Fsp3) is 0.500. The molecule has 4 N–H and O–H groups in total. The van der Waals surface area contributed by atoms with Gasteiger partial charge in [-0.3, -0.25) is 4.79 Å². The van der Waals surface area contributed by atoms with Crippen molar-refractivity contribution >= 4 is 44.5 Å². The van der Waals surface area contributed by atoms with Crippen molar-refractivity contribution in [1.82, 2.24) is 4.31 Å². The maximum Gasteiger partial charge on any atom is 0.252 e. The van der Waals surface area contributed by atoms with Gasteiger partial charge in [-0.1, -0.05) is 12.2 Å². The molecule has 6 nitrogen and oxygen atoms in total. The van der Waals surface area contributed by atoms with E-state index in [2.05, 4.69) is 0 Å². The number of thiocarbonyl (C=S) groups is 1. The van der Waals surface area contributed by atoms with Crippen LogP contribution in [0.1, 0.15) is 24.1 Å². The van der Waals surface area contributed by atoms with E-state index < -0.39 is 10.0 Å². The van der Waals surface area contributed by atoms with Crippen LogP contribution < -0.4 is 11.5 Å². The van der Waals surface area contributed by atoms with Gasteiger partial charge < -0.3 is 11.5 Å². The average molecular weight is 347 g/mol. The number of hydrogen-bond donors (Lipinski definition) is 2. The number of thiophene rings is 1. The molecule has 0 saturated carbocycles. The predicted octanol–water partition coefficient (Wildman–Crippen LogP) is 0.658. The van der Waals surface area contributed by atoms with Crippen molar-refractivity contribution < 1.29 is 13.2 Å². The van der Waals surface area contributed by atoms with Crippen molar-refractivity contribution in [2.75, 3.05) is 13.1 Å². The number of amides is 1. The van der Waals surface area contributed by atoms with E-state index in [0.29, 0.717) is 37.2 Å². The zero-order chi connectivity index (χ0) is 15.6. The molecular formula is C12H17N3O3S3. The summed E-state index contributed by atoms with van der Waals surface area (Å²) in [6.07, 6.45) is 1.61. The number of carbonyl (C=O) groups is 1. The maximum absolute atomic E-state index is 12.5. The summed E-state index contributed by atoms with van der Waals surface area (Å²) < 4.78 is 26.7. The molecule has 1 fully saturated rings. The molecule has 21 heavy (non-hydrogen) atoms. The molecule has 0 aliphatic carbocycles. The first-order valence-corrected chi connectivity index (χ1v) is 9.15. The van der Waals surface area contributed by atoms with Gasteiger partial charge >= 0.3 is 0 Å². The Balaban J connectivity index is 2.07. The number of nitrogens with zero attached hydrogens (tertiary/aromatic N) is 1. The summed E-state index contributed by atoms with van der Waals surface area (Å²) in [5, 5.41) is 0. The minimum Gasteiger partial charge on any atom is -0.389 e. The average Bonchev–Trinajstić information content (AvgIpc) is 2.89. The number of primary amides is 1. The Morgan fingerprint density at radius 2 is 1.95 bits per heavy atom. The highest BCUT2D eigenvalue weighted by Gasteiger charge is 2.31. The van der Waals surface area contributed by atoms with Gasteiger partial charge in [0, 0.05) is 19.5 Å². The molecule has 0 radical (unpaired) electrons. The summed E-state index contributed by atoms with van der Waals surface area (Å²) in [5.41, 5.74) is 10.7. The molecule has 0 spiro atoms. The van der Waals surface area contributed by atoms with Crippen LogP contribution in [-0.4, -0.2) is 36.7 Å². The van der Waals surface area contributed by atoms with Crippen LogP contribution in [0.15, 0.2) is 16.3 Å². The third-order valence-corrected chi connectivity index (χ3v) is 7.32. The fourth-order valence-corrected chi connectivity index (χ4v) is 5.33. The van der Waals surface area contributed by atoms with Crippen molar-refractivity contribution in [3.8, 4) is 0 Å². The molecule has 1 aliphatic heterocycles. The first-order chi connectivity index (χ1) is 9.80. The van der Waals surface area contributed by atoms with Gasteiger partial charge in [0.2, 0.25) is 5.91 Å². The number of rotatable bonds is 5. The fourth-order valence-electron chi connectivity index (χ4n) is 2.36. The van der Waals surface area contributed by atoms with E-state index in [1.165, 1.54) is 10.4 Å². The number of piperidine rings is 1. The van der Waals surface area contributed by atoms with Crippen LogP contribution in [-0.2, 0) is 14.8 Å². The first-order valence-electron chi connectivity index (χ1n) is 6.49. The number of carbonyl (C=O) groups excluding carboxylic acids is 1. The maximum atomic E-state index is 12.5. The Hall–Kier alpha value is -1.03. The van der Waals surface area contributed by atoms with E-state index in [9.17, 15) is 13.2 Å². The Bertz CT molecular complexity index is 646. The normalized spacial score (nSPS) is 17.7. The van der Waals surface area contributed by atoms with Gasteiger partial charge in [0.1, 0.15) is 9.20 Å². The summed E-state index contributed by atoms with van der Waals surface area (Å²) in [4.78, 5) is 11.7. The third kappa shape index (κ3) is 3.79. The van der Waals surface area contributed by atoms with Crippen LogP contribution in [0.25, 0.3) is 0 Å². The van der Waals surface area contributed by atoms with Crippen LogP contribution in [0.5, 0.6) is 0 Å². The van der Waals surface area contributed by atoms with Crippen LogP contribution in [0.4, 0.5) is 0 Å². The second kappa shape index (κ2) is 6.39. The summed E-state index contributed by atoms with van der Waals surface area (Å²) in [5.74, 6) is -0.167. The molecule has 9 heteroatoms. The van der Waals surface area contributed by atoms with Gasteiger partial charge in [-0.25, -0.2) is 8.42 Å². The van der Waals surface area contributed by atoms with Crippen LogP contribution in [0, 0.1) is 5.92 Å². The Morgan fingerprint density at radius 1 is 1.33 bits per heavy atom. The summed E-state index contributed by atoms with van der Waals surface area (Å²) in [7, 11) is -3.51. The molecule has 2 heterocycles. The quantitative estimate of drug-likeness (QED) is 0.761. The van der Waals surface area contributed by atoms with E-state index in [-0.39, 0.29) is 21.0 Å². The summed E-state index contributed by atoms with van der Waals surface area (Å²) >= 11 is 5.93. The number of hydrogen-bond acceptors (Lipinski definition) is 5. The molecule has 2 rings (SSSR count). The molecular weight excluding hydrogens is 330 g/mol. The van der Waals surface area contributed by atoms with E-state index in [4.69, 9.17) is 23.7 Å². The second-order valence-electron chi connectivity index (χ2n) is 5.00. The van der Waals surface area contributed by atoms with Gasteiger partial charge in [-0.05, 0) is 30.9 Å². The zero-order valence-corrected chi connectivity index (χ0v) is 13.8. The van der Waals surface area contributed by atoms with Crippen molar-refractivity contribution in [3.63, 3.8) is 0 Å². The standard InChI is InChI=1S/C12H17N3O3S3/c13-10(16)7-8-3-5-15(6-4-8)21(17,18)11-2-1-9(20-11)12(14)19/h1-2,8H,3-7H2,(H2,13,16)(H2,14,19). The van der Waals surface area contributed by atoms with Crippen molar-refractivity contribution in [1.29, 1.82) is 0 Å². The second-order valence-corrected chi connectivity index (χ2v) is 8.69. The smallest absolute Gasteiger partial charge is 0.252 e.